The molecule has 0 spiro atoms. The van der Waals surface area contributed by atoms with Gasteiger partial charge in [-0.2, -0.15) is 0 Å². The quantitative estimate of drug-likeness (QED) is 0.407. The van der Waals surface area contributed by atoms with Gasteiger partial charge in [-0.15, -0.1) is 0 Å². The molecule has 0 N–H and O–H groups in total. The van der Waals surface area contributed by atoms with E-state index in [1.54, 1.807) is 23.8 Å². The van der Waals surface area contributed by atoms with Crippen molar-refractivity contribution in [1.82, 2.24) is 0 Å². The molecule has 5 nitrogen and oxygen atoms in total. The zero-order chi connectivity index (χ0) is 23.1. The maximum absolute atomic E-state index is 13.8. The van der Waals surface area contributed by atoms with Crippen molar-refractivity contribution in [3.8, 4) is 5.75 Å². The molecule has 2 aliphatic heterocycles. The highest BCUT2D eigenvalue weighted by Crippen LogP contribution is 2.51. The summed E-state index contributed by atoms with van der Waals surface area (Å²) in [5, 5.41) is 1.56. The van der Waals surface area contributed by atoms with Crippen molar-refractivity contribution < 1.29 is 9.53 Å². The topological polar surface area (TPSA) is 45.1 Å². The molecule has 2 heterocycles. The predicted octanol–water partition coefficient (Wildman–Crippen LogP) is 6.49. The maximum Gasteiger partial charge on any atom is 0.274 e. The average Bonchev–Trinajstić information content (AvgIpc) is 3.32. The third-order valence-corrected chi connectivity index (χ3v) is 7.99. The smallest absolute Gasteiger partial charge is 0.274 e. The molecule has 1 amide bonds. The number of thioether (sulfide) groups is 2. The van der Waals surface area contributed by atoms with Crippen LogP contribution in [0.2, 0.25) is 0 Å². The molecule has 33 heavy (non-hydrogen) atoms. The van der Waals surface area contributed by atoms with E-state index in [2.05, 4.69) is 17.9 Å². The first-order valence-corrected chi connectivity index (χ1v) is 12.2. The second kappa shape index (κ2) is 8.65. The Hall–Kier alpha value is -3.16. The van der Waals surface area contributed by atoms with Gasteiger partial charge in [-0.25, -0.2) is 4.99 Å². The van der Waals surface area contributed by atoms with Crippen molar-refractivity contribution in [3.63, 3.8) is 0 Å². The van der Waals surface area contributed by atoms with Crippen LogP contribution in [0.25, 0.3) is 0 Å². The highest BCUT2D eigenvalue weighted by atomic mass is 32.2. The highest BCUT2D eigenvalue weighted by Gasteiger charge is 2.40. The number of carbonyl (C=O) groups is 1. The summed E-state index contributed by atoms with van der Waals surface area (Å²) in [5.74, 6) is 0.727. The van der Waals surface area contributed by atoms with Crippen molar-refractivity contribution in [2.45, 2.75) is 18.7 Å². The molecule has 3 aromatic carbocycles. The molecular formula is C26H23N3O2S2. The van der Waals surface area contributed by atoms with Crippen molar-refractivity contribution in [3.05, 3.63) is 87.8 Å². The fraction of sp³-hybridized carbons (Fsp3) is 0.154. The number of anilines is 2. The monoisotopic (exact) mass is 473 g/mol. The molecule has 0 radical (unpaired) electrons. The highest BCUT2D eigenvalue weighted by molar-refractivity contribution is 8.20. The number of nitrogens with zero attached hydrogens (tertiary/aromatic N) is 3. The van der Waals surface area contributed by atoms with E-state index in [-0.39, 0.29) is 5.91 Å². The van der Waals surface area contributed by atoms with E-state index >= 15 is 0 Å². The Morgan fingerprint density at radius 2 is 1.73 bits per heavy atom. The zero-order valence-electron chi connectivity index (χ0n) is 18.8. The molecule has 0 atom stereocenters. The molecular weight excluding hydrogens is 450 g/mol. The van der Waals surface area contributed by atoms with E-state index in [0.29, 0.717) is 10.1 Å². The van der Waals surface area contributed by atoms with E-state index in [4.69, 9.17) is 9.73 Å². The summed E-state index contributed by atoms with van der Waals surface area (Å²) < 4.78 is 5.40. The molecule has 166 valence electrons. The molecule has 0 unspecified atom stereocenters. The van der Waals surface area contributed by atoms with Crippen LogP contribution in [0.1, 0.15) is 11.1 Å². The van der Waals surface area contributed by atoms with Crippen LogP contribution in [0, 0.1) is 13.8 Å². The first-order valence-electron chi connectivity index (χ1n) is 10.5. The summed E-state index contributed by atoms with van der Waals surface area (Å²) in [6.45, 7) is 4.11. The number of aliphatic imine (C=N–C) groups is 1. The summed E-state index contributed by atoms with van der Waals surface area (Å²) in [4.78, 5) is 24.2. The summed E-state index contributed by atoms with van der Waals surface area (Å²) in [6.07, 6.45) is 0. The molecule has 1 fully saturated rings. The van der Waals surface area contributed by atoms with E-state index in [0.717, 1.165) is 38.3 Å². The van der Waals surface area contributed by atoms with Gasteiger partial charge in [-0.05, 0) is 61.5 Å². The number of amides is 1. The number of hydrogen-bond acceptors (Lipinski definition) is 6. The van der Waals surface area contributed by atoms with E-state index in [1.165, 1.54) is 17.3 Å². The van der Waals surface area contributed by atoms with Crippen molar-refractivity contribution >= 4 is 51.7 Å². The predicted molar refractivity (Wildman–Crippen MR) is 139 cm³/mol. The van der Waals surface area contributed by atoms with Gasteiger partial charge in [-0.1, -0.05) is 47.7 Å². The largest absolute Gasteiger partial charge is 0.497 e. The standard InChI is InChI=1S/C26H23N3O2S2/c1-16-10-12-20(17(2)14-16)27-26-29(18-8-6-5-7-9-18)24(30)23(33-26)25-28(3)21-15-19(31-4)11-13-22(21)32-25/h5-15H,1-4H3/b25-23-,27-26?. The van der Waals surface area contributed by atoms with Crippen LogP contribution in [-0.2, 0) is 4.79 Å². The lowest BCUT2D eigenvalue weighted by atomic mass is 10.1. The van der Waals surface area contributed by atoms with Crippen LogP contribution in [-0.4, -0.2) is 25.2 Å². The van der Waals surface area contributed by atoms with E-state index < -0.39 is 0 Å². The fourth-order valence-electron chi connectivity index (χ4n) is 3.87. The van der Waals surface area contributed by atoms with Gasteiger partial charge in [0.1, 0.15) is 10.7 Å². The average molecular weight is 474 g/mol. The number of para-hydroxylation sites is 1. The molecule has 0 aliphatic carbocycles. The number of benzene rings is 3. The summed E-state index contributed by atoms with van der Waals surface area (Å²) in [6, 6.07) is 21.8. The van der Waals surface area contributed by atoms with Crippen molar-refractivity contribution in [2.24, 2.45) is 4.99 Å². The first kappa shape index (κ1) is 21.7. The third-order valence-electron chi connectivity index (χ3n) is 5.60. The number of hydrogen-bond donors (Lipinski definition) is 0. The molecule has 0 bridgehead atoms. The number of carbonyl (C=O) groups excluding carboxylic acids is 1. The van der Waals surface area contributed by atoms with Gasteiger partial charge in [0.15, 0.2) is 5.17 Å². The Labute approximate surface area is 202 Å². The van der Waals surface area contributed by atoms with Gasteiger partial charge >= 0.3 is 0 Å². The number of aryl methyl sites for hydroxylation is 2. The number of fused-ring (bicyclic) bond motifs is 1. The molecule has 3 aromatic rings. The Balaban J connectivity index is 1.61. The van der Waals surface area contributed by atoms with Crippen LogP contribution < -0.4 is 14.5 Å². The Morgan fingerprint density at radius 1 is 0.939 bits per heavy atom. The lowest BCUT2D eigenvalue weighted by Crippen LogP contribution is -2.29. The minimum atomic E-state index is -0.0659. The van der Waals surface area contributed by atoms with Gasteiger partial charge in [0, 0.05) is 18.0 Å². The normalized spacial score (nSPS) is 18.9. The number of ether oxygens (including phenoxy) is 1. The minimum absolute atomic E-state index is 0.0659. The van der Waals surface area contributed by atoms with Crippen molar-refractivity contribution in [2.75, 3.05) is 24.0 Å². The van der Waals surface area contributed by atoms with Gasteiger partial charge in [0.05, 0.1) is 29.2 Å². The summed E-state index contributed by atoms with van der Waals surface area (Å²) in [5.41, 5.74) is 4.96. The van der Waals surface area contributed by atoms with Crippen LogP contribution >= 0.6 is 23.5 Å². The third kappa shape index (κ3) is 3.92. The molecule has 0 saturated carbocycles. The van der Waals surface area contributed by atoms with E-state index in [9.17, 15) is 4.79 Å². The van der Waals surface area contributed by atoms with Gasteiger partial charge < -0.3 is 9.64 Å². The second-order valence-corrected chi connectivity index (χ2v) is 9.90. The Kier molecular flexibility index (Phi) is 5.68. The summed E-state index contributed by atoms with van der Waals surface area (Å²) >= 11 is 3.03. The Bertz CT molecular complexity index is 1320. The fourth-order valence-corrected chi connectivity index (χ4v) is 6.19. The number of amidine groups is 1. The SMILES string of the molecule is COc1ccc2c(c1)N(C)/C(=C1/SC(=Nc3ccc(C)cc3C)N(c3ccccc3)C1=O)S2. The van der Waals surface area contributed by atoms with Crippen LogP contribution in [0.3, 0.4) is 0 Å². The zero-order valence-corrected chi connectivity index (χ0v) is 20.5. The molecule has 5 rings (SSSR count). The minimum Gasteiger partial charge on any atom is -0.497 e. The van der Waals surface area contributed by atoms with Crippen LogP contribution in [0.5, 0.6) is 5.75 Å². The molecule has 7 heteroatoms. The van der Waals surface area contributed by atoms with E-state index in [1.807, 2.05) is 74.6 Å². The number of methoxy groups -OCH3 is 1. The Morgan fingerprint density at radius 3 is 2.45 bits per heavy atom. The second-order valence-electron chi connectivity index (χ2n) is 7.89. The number of rotatable bonds is 3. The lowest BCUT2D eigenvalue weighted by molar-refractivity contribution is -0.113. The van der Waals surface area contributed by atoms with Gasteiger partial charge in [-0.3, -0.25) is 9.69 Å². The van der Waals surface area contributed by atoms with Crippen molar-refractivity contribution in [1.29, 1.82) is 0 Å². The molecule has 0 aromatic heterocycles. The van der Waals surface area contributed by atoms with Crippen LogP contribution in [0.15, 0.2) is 86.6 Å². The van der Waals surface area contributed by atoms with Gasteiger partial charge in [0.25, 0.3) is 5.91 Å². The van der Waals surface area contributed by atoms with Gasteiger partial charge in [0.2, 0.25) is 0 Å². The summed E-state index contributed by atoms with van der Waals surface area (Å²) in [7, 11) is 3.65. The molecule has 1 saturated heterocycles. The van der Waals surface area contributed by atoms with Crippen LogP contribution in [0.4, 0.5) is 17.1 Å². The lowest BCUT2D eigenvalue weighted by Gasteiger charge is -2.17. The molecule has 2 aliphatic rings. The first-order chi connectivity index (χ1) is 16.0. The maximum atomic E-state index is 13.8.